The number of carbonyl (C=O) groups is 1. The van der Waals surface area contributed by atoms with E-state index in [-0.39, 0.29) is 6.09 Å². The summed E-state index contributed by atoms with van der Waals surface area (Å²) in [6, 6.07) is 0. The first kappa shape index (κ1) is 16.1. The van der Waals surface area contributed by atoms with Gasteiger partial charge in [-0.05, 0) is 47.0 Å². The Labute approximate surface area is 118 Å². The van der Waals surface area contributed by atoms with Gasteiger partial charge in [0.05, 0.1) is 0 Å². The number of rotatable bonds is 0. The van der Waals surface area contributed by atoms with Crippen LogP contribution in [0.2, 0.25) is 0 Å². The predicted molar refractivity (Wildman–Crippen MR) is 79.3 cm³/mol. The first-order valence-electron chi connectivity index (χ1n) is 7.54. The zero-order valence-corrected chi connectivity index (χ0v) is 13.0. The second kappa shape index (κ2) is 7.56. The molecule has 0 radical (unpaired) electrons. The van der Waals surface area contributed by atoms with Crippen molar-refractivity contribution in [3.63, 3.8) is 0 Å². The monoisotopic (exact) mass is 267 g/mol. The maximum atomic E-state index is 12.2. The smallest absolute Gasteiger partial charge is 0.410 e. The minimum Gasteiger partial charge on any atom is -0.444 e. The number of hydrogen-bond acceptors (Lipinski definition) is 2. The Hall–Kier alpha value is -0.990. The Morgan fingerprint density at radius 3 is 2.42 bits per heavy atom. The van der Waals surface area contributed by atoms with Crippen molar-refractivity contribution in [2.75, 3.05) is 13.1 Å². The van der Waals surface area contributed by atoms with Gasteiger partial charge in [0.25, 0.3) is 0 Å². The van der Waals surface area contributed by atoms with E-state index in [0.29, 0.717) is 0 Å². The highest BCUT2D eigenvalue weighted by Gasteiger charge is 2.22. The molecule has 0 aromatic rings. The molecule has 1 aliphatic heterocycles. The highest BCUT2D eigenvalue weighted by atomic mass is 16.6. The van der Waals surface area contributed by atoms with Crippen LogP contribution in [0, 0.1) is 0 Å². The molecule has 0 unspecified atom stereocenters. The SMILES string of the molecule is CC=C1CCCCCCCN(C(=O)OC(C)(C)C)C1. The Morgan fingerprint density at radius 2 is 1.79 bits per heavy atom. The van der Waals surface area contributed by atoms with E-state index in [1.165, 1.54) is 31.3 Å². The largest absolute Gasteiger partial charge is 0.444 e. The van der Waals surface area contributed by atoms with E-state index < -0.39 is 5.60 Å². The topological polar surface area (TPSA) is 29.5 Å². The number of allylic oxidation sites excluding steroid dienone is 1. The Balaban J connectivity index is 2.66. The molecule has 1 rings (SSSR count). The molecule has 0 bridgehead atoms. The van der Waals surface area contributed by atoms with Gasteiger partial charge in [0.2, 0.25) is 0 Å². The van der Waals surface area contributed by atoms with Gasteiger partial charge >= 0.3 is 6.09 Å². The standard InChI is InChI=1S/C16H29NO2/c1-5-14-11-9-7-6-8-10-12-17(13-14)15(18)19-16(2,3)4/h5H,6-13H2,1-4H3. The molecule has 3 nitrogen and oxygen atoms in total. The van der Waals surface area contributed by atoms with E-state index in [9.17, 15) is 4.79 Å². The van der Waals surface area contributed by atoms with E-state index in [2.05, 4.69) is 13.0 Å². The fourth-order valence-electron chi connectivity index (χ4n) is 2.31. The van der Waals surface area contributed by atoms with Gasteiger partial charge < -0.3 is 9.64 Å². The molecule has 0 aliphatic carbocycles. The molecule has 19 heavy (non-hydrogen) atoms. The van der Waals surface area contributed by atoms with Crippen molar-refractivity contribution in [2.45, 2.75) is 71.8 Å². The van der Waals surface area contributed by atoms with Gasteiger partial charge in [-0.1, -0.05) is 30.9 Å². The van der Waals surface area contributed by atoms with Gasteiger partial charge in [-0.3, -0.25) is 0 Å². The third-order valence-electron chi connectivity index (χ3n) is 3.38. The molecule has 0 N–H and O–H groups in total. The van der Waals surface area contributed by atoms with Crippen LogP contribution in [0.25, 0.3) is 0 Å². The molecule has 1 amide bonds. The molecule has 0 aromatic carbocycles. The van der Waals surface area contributed by atoms with Crippen molar-refractivity contribution in [3.8, 4) is 0 Å². The zero-order chi connectivity index (χ0) is 14.3. The molecular weight excluding hydrogens is 238 g/mol. The Morgan fingerprint density at radius 1 is 1.16 bits per heavy atom. The molecule has 1 aliphatic rings. The molecule has 1 saturated heterocycles. The average Bonchev–Trinajstić information content (AvgIpc) is 2.33. The van der Waals surface area contributed by atoms with Crippen molar-refractivity contribution in [3.05, 3.63) is 11.6 Å². The van der Waals surface area contributed by atoms with Gasteiger partial charge in [-0.2, -0.15) is 0 Å². The van der Waals surface area contributed by atoms with Gasteiger partial charge in [0, 0.05) is 13.1 Å². The van der Waals surface area contributed by atoms with Crippen molar-refractivity contribution in [1.29, 1.82) is 0 Å². The summed E-state index contributed by atoms with van der Waals surface area (Å²) in [5.74, 6) is 0. The first-order chi connectivity index (χ1) is 8.92. The number of hydrogen-bond donors (Lipinski definition) is 0. The average molecular weight is 267 g/mol. The summed E-state index contributed by atoms with van der Waals surface area (Å²) in [5, 5.41) is 0. The minimum atomic E-state index is -0.414. The zero-order valence-electron chi connectivity index (χ0n) is 13.0. The Bertz CT molecular complexity index is 315. The second-order valence-electron chi connectivity index (χ2n) is 6.37. The molecule has 0 saturated carbocycles. The van der Waals surface area contributed by atoms with Gasteiger partial charge in [0.1, 0.15) is 5.60 Å². The van der Waals surface area contributed by atoms with Crippen molar-refractivity contribution in [2.24, 2.45) is 0 Å². The van der Waals surface area contributed by atoms with Gasteiger partial charge in [-0.15, -0.1) is 0 Å². The normalized spacial score (nSPS) is 21.3. The molecule has 3 heteroatoms. The molecule has 1 heterocycles. The number of carbonyl (C=O) groups excluding carboxylic acids is 1. The maximum absolute atomic E-state index is 12.2. The third-order valence-corrected chi connectivity index (χ3v) is 3.38. The number of ether oxygens (including phenoxy) is 1. The second-order valence-corrected chi connectivity index (χ2v) is 6.37. The van der Waals surface area contributed by atoms with E-state index in [1.807, 2.05) is 25.7 Å². The molecular formula is C16H29NO2. The lowest BCUT2D eigenvalue weighted by atomic mass is 10.0. The molecule has 0 aromatic heterocycles. The molecule has 1 fully saturated rings. The first-order valence-corrected chi connectivity index (χ1v) is 7.54. The number of amides is 1. The summed E-state index contributed by atoms with van der Waals surface area (Å²) in [6.45, 7) is 9.36. The summed E-state index contributed by atoms with van der Waals surface area (Å²) in [6.07, 6.45) is 9.20. The fraction of sp³-hybridized carbons (Fsp3) is 0.812. The Kier molecular flexibility index (Phi) is 6.40. The van der Waals surface area contributed by atoms with Crippen LogP contribution in [0.5, 0.6) is 0 Å². The van der Waals surface area contributed by atoms with E-state index in [4.69, 9.17) is 4.74 Å². The van der Waals surface area contributed by atoms with E-state index in [1.54, 1.807) is 0 Å². The quantitative estimate of drug-likeness (QED) is 0.604. The lowest BCUT2D eigenvalue weighted by Crippen LogP contribution is -2.38. The summed E-state index contributed by atoms with van der Waals surface area (Å²) in [4.78, 5) is 14.1. The summed E-state index contributed by atoms with van der Waals surface area (Å²) in [5.41, 5.74) is 0.940. The summed E-state index contributed by atoms with van der Waals surface area (Å²) < 4.78 is 5.50. The van der Waals surface area contributed by atoms with E-state index >= 15 is 0 Å². The lowest BCUT2D eigenvalue weighted by Gasteiger charge is -2.28. The van der Waals surface area contributed by atoms with Crippen LogP contribution in [0.3, 0.4) is 0 Å². The van der Waals surface area contributed by atoms with Crippen LogP contribution in [-0.4, -0.2) is 29.7 Å². The predicted octanol–water partition coefficient (Wildman–Crippen LogP) is 4.52. The molecule has 0 spiro atoms. The minimum absolute atomic E-state index is 0.174. The highest BCUT2D eigenvalue weighted by molar-refractivity contribution is 5.68. The summed E-state index contributed by atoms with van der Waals surface area (Å²) in [7, 11) is 0. The van der Waals surface area contributed by atoms with Crippen LogP contribution >= 0.6 is 0 Å². The van der Waals surface area contributed by atoms with Crippen LogP contribution < -0.4 is 0 Å². The maximum Gasteiger partial charge on any atom is 0.410 e. The lowest BCUT2D eigenvalue weighted by molar-refractivity contribution is 0.0261. The molecule has 0 atom stereocenters. The van der Waals surface area contributed by atoms with Gasteiger partial charge in [0.15, 0.2) is 0 Å². The van der Waals surface area contributed by atoms with Crippen molar-refractivity contribution in [1.82, 2.24) is 4.90 Å². The van der Waals surface area contributed by atoms with Crippen LogP contribution in [-0.2, 0) is 4.74 Å². The molecule has 110 valence electrons. The van der Waals surface area contributed by atoms with Crippen LogP contribution in [0.15, 0.2) is 11.6 Å². The highest BCUT2D eigenvalue weighted by Crippen LogP contribution is 2.18. The van der Waals surface area contributed by atoms with Crippen LogP contribution in [0.4, 0.5) is 4.79 Å². The third kappa shape index (κ3) is 6.65. The number of nitrogens with zero attached hydrogens (tertiary/aromatic N) is 1. The fourth-order valence-corrected chi connectivity index (χ4v) is 2.31. The van der Waals surface area contributed by atoms with Crippen molar-refractivity contribution < 1.29 is 9.53 Å². The van der Waals surface area contributed by atoms with E-state index in [0.717, 1.165) is 25.9 Å². The summed E-state index contributed by atoms with van der Waals surface area (Å²) >= 11 is 0. The van der Waals surface area contributed by atoms with Crippen molar-refractivity contribution >= 4 is 6.09 Å². The van der Waals surface area contributed by atoms with Gasteiger partial charge in [-0.25, -0.2) is 4.79 Å². The van der Waals surface area contributed by atoms with Crippen LogP contribution in [0.1, 0.15) is 66.2 Å².